The molecule has 1 atom stereocenters. The summed E-state index contributed by atoms with van der Waals surface area (Å²) in [6, 6.07) is 11.2. The molecule has 0 saturated heterocycles. The Kier molecular flexibility index (Phi) is 6.68. The number of carbonyl (C=O) groups is 2. The maximum absolute atomic E-state index is 12.8. The minimum atomic E-state index is -3.35. The van der Waals surface area contributed by atoms with E-state index in [0.717, 1.165) is 11.8 Å². The summed E-state index contributed by atoms with van der Waals surface area (Å²) in [5.74, 6) is -1.51. The average molecular weight is 393 g/mol. The third-order valence-electron chi connectivity index (χ3n) is 3.80. The highest BCUT2D eigenvalue weighted by atomic mass is 32.2. The van der Waals surface area contributed by atoms with Gasteiger partial charge in [0.1, 0.15) is 5.82 Å². The number of halogens is 1. The molecule has 2 rings (SSSR count). The number of nitrogens with one attached hydrogen (secondary N) is 1. The lowest BCUT2D eigenvalue weighted by Crippen LogP contribution is -2.36. The van der Waals surface area contributed by atoms with Gasteiger partial charge in [0.15, 0.2) is 15.9 Å². The van der Waals surface area contributed by atoms with Crippen molar-refractivity contribution in [1.29, 1.82) is 0 Å². The van der Waals surface area contributed by atoms with Crippen molar-refractivity contribution in [3.63, 3.8) is 0 Å². The molecule has 0 aliphatic carbocycles. The highest BCUT2D eigenvalue weighted by Gasteiger charge is 2.19. The highest BCUT2D eigenvalue weighted by molar-refractivity contribution is 7.90. The lowest BCUT2D eigenvalue weighted by atomic mass is 10.1. The number of esters is 1. The minimum absolute atomic E-state index is 0.0886. The summed E-state index contributed by atoms with van der Waals surface area (Å²) in [6.45, 7) is 1.76. The van der Waals surface area contributed by atoms with Crippen molar-refractivity contribution < 1.29 is 27.1 Å². The quantitative estimate of drug-likeness (QED) is 0.728. The Bertz CT molecular complexity index is 908. The van der Waals surface area contributed by atoms with Gasteiger partial charge < -0.3 is 10.1 Å². The standard InChI is InChI=1S/C19H20FNO5S/c1-13(18(22)21-12-11-14-3-7-16(20)8-4-14)26-19(23)15-5-9-17(10-6-15)27(2,24)25/h3-10,13H,11-12H2,1-2H3,(H,21,22)/t13-/m0/s1. The van der Waals surface area contributed by atoms with E-state index >= 15 is 0 Å². The topological polar surface area (TPSA) is 89.5 Å². The molecular weight excluding hydrogens is 373 g/mol. The lowest BCUT2D eigenvalue weighted by Gasteiger charge is -2.13. The van der Waals surface area contributed by atoms with Crippen molar-refractivity contribution in [2.24, 2.45) is 0 Å². The monoisotopic (exact) mass is 393 g/mol. The van der Waals surface area contributed by atoms with Gasteiger partial charge in [0, 0.05) is 12.8 Å². The fourth-order valence-electron chi connectivity index (χ4n) is 2.25. The summed E-state index contributed by atoms with van der Waals surface area (Å²) in [5, 5.41) is 2.64. The SMILES string of the molecule is C[C@H](OC(=O)c1ccc(S(C)(=O)=O)cc1)C(=O)NCCc1ccc(F)cc1. The Morgan fingerprint density at radius 1 is 1.07 bits per heavy atom. The Hall–Kier alpha value is -2.74. The van der Waals surface area contributed by atoms with Crippen LogP contribution in [0.15, 0.2) is 53.4 Å². The molecule has 0 bridgehead atoms. The van der Waals surface area contributed by atoms with Gasteiger partial charge in [0.05, 0.1) is 10.5 Å². The molecule has 0 fully saturated rings. The number of benzene rings is 2. The van der Waals surface area contributed by atoms with Crippen molar-refractivity contribution in [2.75, 3.05) is 12.8 Å². The summed E-state index contributed by atoms with van der Waals surface area (Å²) in [5.41, 5.74) is 1.01. The minimum Gasteiger partial charge on any atom is -0.449 e. The van der Waals surface area contributed by atoms with Crippen LogP contribution in [0.2, 0.25) is 0 Å². The van der Waals surface area contributed by atoms with Crippen LogP contribution in [0.5, 0.6) is 0 Å². The van der Waals surface area contributed by atoms with Gasteiger partial charge in [0.25, 0.3) is 5.91 Å². The molecule has 0 saturated carbocycles. The summed E-state index contributed by atoms with van der Waals surface area (Å²) < 4.78 is 40.8. The van der Waals surface area contributed by atoms with Gasteiger partial charge in [-0.2, -0.15) is 0 Å². The number of sulfone groups is 1. The molecule has 0 aliphatic heterocycles. The summed E-state index contributed by atoms with van der Waals surface area (Å²) in [7, 11) is -3.35. The van der Waals surface area contributed by atoms with Gasteiger partial charge in [-0.25, -0.2) is 17.6 Å². The van der Waals surface area contributed by atoms with Gasteiger partial charge >= 0.3 is 5.97 Å². The van der Waals surface area contributed by atoms with Crippen LogP contribution < -0.4 is 5.32 Å². The molecule has 2 aromatic rings. The van der Waals surface area contributed by atoms with Crippen LogP contribution in [0, 0.1) is 5.82 Å². The zero-order valence-corrected chi connectivity index (χ0v) is 15.8. The third-order valence-corrected chi connectivity index (χ3v) is 4.93. The van der Waals surface area contributed by atoms with E-state index in [4.69, 9.17) is 4.74 Å². The maximum Gasteiger partial charge on any atom is 0.338 e. The molecule has 1 amide bonds. The Morgan fingerprint density at radius 2 is 1.67 bits per heavy atom. The zero-order chi connectivity index (χ0) is 20.0. The number of amides is 1. The number of hydrogen-bond donors (Lipinski definition) is 1. The van der Waals surface area contributed by atoms with Crippen molar-refractivity contribution in [2.45, 2.75) is 24.3 Å². The lowest BCUT2D eigenvalue weighted by molar-refractivity contribution is -0.129. The first-order chi connectivity index (χ1) is 12.7. The van der Waals surface area contributed by atoms with E-state index in [1.807, 2.05) is 0 Å². The summed E-state index contributed by atoms with van der Waals surface area (Å²) >= 11 is 0. The van der Waals surface area contributed by atoms with E-state index < -0.39 is 27.8 Å². The Balaban J connectivity index is 1.84. The second-order valence-electron chi connectivity index (χ2n) is 6.01. The van der Waals surface area contributed by atoms with Gasteiger partial charge in [-0.3, -0.25) is 4.79 Å². The second kappa shape index (κ2) is 8.77. The van der Waals surface area contributed by atoms with Gasteiger partial charge in [0.2, 0.25) is 0 Å². The molecule has 0 aromatic heterocycles. The molecule has 27 heavy (non-hydrogen) atoms. The first kappa shape index (κ1) is 20.6. The van der Waals surface area contributed by atoms with E-state index in [1.54, 1.807) is 12.1 Å². The number of carbonyl (C=O) groups excluding carboxylic acids is 2. The van der Waals surface area contributed by atoms with Gasteiger partial charge in [-0.15, -0.1) is 0 Å². The molecule has 8 heteroatoms. The van der Waals surface area contributed by atoms with Crippen molar-refractivity contribution in [3.8, 4) is 0 Å². The third kappa shape index (κ3) is 6.18. The van der Waals surface area contributed by atoms with E-state index in [9.17, 15) is 22.4 Å². The van der Waals surface area contributed by atoms with Crippen LogP contribution in [0.1, 0.15) is 22.8 Å². The summed E-state index contributed by atoms with van der Waals surface area (Å²) in [4.78, 5) is 24.2. The van der Waals surface area contributed by atoms with Crippen molar-refractivity contribution in [1.82, 2.24) is 5.32 Å². The summed E-state index contributed by atoms with van der Waals surface area (Å²) in [6.07, 6.45) is 0.568. The number of ether oxygens (including phenoxy) is 1. The molecule has 2 aromatic carbocycles. The van der Waals surface area contributed by atoms with Crippen LogP contribution in [-0.2, 0) is 25.8 Å². The average Bonchev–Trinajstić information content (AvgIpc) is 2.62. The zero-order valence-electron chi connectivity index (χ0n) is 14.9. The smallest absolute Gasteiger partial charge is 0.338 e. The molecule has 0 aliphatic rings. The number of rotatable bonds is 7. The predicted molar refractivity (Wildman–Crippen MR) is 97.5 cm³/mol. The van der Waals surface area contributed by atoms with Crippen LogP contribution >= 0.6 is 0 Å². The van der Waals surface area contributed by atoms with Gasteiger partial charge in [-0.1, -0.05) is 12.1 Å². The maximum atomic E-state index is 12.8. The van der Waals surface area contributed by atoms with Crippen LogP contribution in [0.25, 0.3) is 0 Å². The Labute approximate surface area is 157 Å². The van der Waals surface area contributed by atoms with Crippen molar-refractivity contribution >= 4 is 21.7 Å². The fraction of sp³-hybridized carbons (Fsp3) is 0.263. The van der Waals surface area contributed by atoms with E-state index in [0.29, 0.717) is 13.0 Å². The highest BCUT2D eigenvalue weighted by Crippen LogP contribution is 2.12. The molecule has 0 unspecified atom stereocenters. The fourth-order valence-corrected chi connectivity index (χ4v) is 2.88. The number of hydrogen-bond acceptors (Lipinski definition) is 5. The normalized spacial score (nSPS) is 12.3. The predicted octanol–water partition coefficient (Wildman–Crippen LogP) is 2.13. The van der Waals surface area contributed by atoms with Gasteiger partial charge in [-0.05, 0) is 55.3 Å². The van der Waals surface area contributed by atoms with Crippen LogP contribution in [0.3, 0.4) is 0 Å². The molecule has 0 heterocycles. The van der Waals surface area contributed by atoms with E-state index in [1.165, 1.54) is 43.3 Å². The van der Waals surface area contributed by atoms with E-state index in [2.05, 4.69) is 5.32 Å². The molecule has 144 valence electrons. The van der Waals surface area contributed by atoms with Crippen LogP contribution in [-0.4, -0.2) is 39.2 Å². The van der Waals surface area contributed by atoms with E-state index in [-0.39, 0.29) is 16.3 Å². The van der Waals surface area contributed by atoms with Crippen LogP contribution in [0.4, 0.5) is 4.39 Å². The first-order valence-corrected chi connectivity index (χ1v) is 10.1. The first-order valence-electron chi connectivity index (χ1n) is 8.20. The Morgan fingerprint density at radius 3 is 2.22 bits per heavy atom. The van der Waals surface area contributed by atoms with Crippen molar-refractivity contribution in [3.05, 3.63) is 65.5 Å². The molecular formula is C19H20FNO5S. The molecule has 1 N–H and O–H groups in total. The molecule has 6 nitrogen and oxygen atoms in total. The molecule has 0 radical (unpaired) electrons. The molecule has 0 spiro atoms. The largest absolute Gasteiger partial charge is 0.449 e. The second-order valence-corrected chi connectivity index (χ2v) is 8.03.